The molecule has 0 saturated heterocycles. The summed E-state index contributed by atoms with van der Waals surface area (Å²) in [5.74, 6) is 0. The first kappa shape index (κ1) is 9.94. The van der Waals surface area contributed by atoms with E-state index in [2.05, 4.69) is 16.0 Å². The van der Waals surface area contributed by atoms with E-state index in [0.717, 1.165) is 29.2 Å². The van der Waals surface area contributed by atoms with Crippen LogP contribution in [0.5, 0.6) is 0 Å². The lowest BCUT2D eigenvalue weighted by Crippen LogP contribution is -1.84. The molecule has 0 spiro atoms. The van der Waals surface area contributed by atoms with E-state index < -0.39 is 0 Å². The molecular formula is C11H11N3S. The number of aromatic amines is 1. The van der Waals surface area contributed by atoms with E-state index in [-0.39, 0.29) is 0 Å². The molecule has 0 aliphatic heterocycles. The van der Waals surface area contributed by atoms with Gasteiger partial charge in [0, 0.05) is 24.4 Å². The first-order valence-corrected chi connectivity index (χ1v) is 5.73. The van der Waals surface area contributed by atoms with Crippen molar-refractivity contribution in [1.29, 1.82) is 5.26 Å². The summed E-state index contributed by atoms with van der Waals surface area (Å²) in [5.41, 5.74) is 2.05. The summed E-state index contributed by atoms with van der Waals surface area (Å²) in [6, 6.07) is 6.11. The first-order chi connectivity index (χ1) is 7.40. The molecule has 15 heavy (non-hydrogen) atoms. The highest BCUT2D eigenvalue weighted by atomic mass is 32.1. The average molecular weight is 217 g/mol. The van der Waals surface area contributed by atoms with Gasteiger partial charge in [0.1, 0.15) is 0 Å². The second-order valence-electron chi connectivity index (χ2n) is 3.22. The van der Waals surface area contributed by atoms with E-state index in [1.807, 2.05) is 23.7 Å². The van der Waals surface area contributed by atoms with Gasteiger partial charge < -0.3 is 4.98 Å². The summed E-state index contributed by atoms with van der Waals surface area (Å²) >= 11 is 1.66. The fourth-order valence-electron chi connectivity index (χ4n) is 1.36. The van der Waals surface area contributed by atoms with Gasteiger partial charge in [0.25, 0.3) is 0 Å². The molecule has 76 valence electrons. The van der Waals surface area contributed by atoms with Gasteiger partial charge in [-0.2, -0.15) is 5.26 Å². The van der Waals surface area contributed by atoms with Gasteiger partial charge in [0.15, 0.2) is 0 Å². The van der Waals surface area contributed by atoms with E-state index >= 15 is 0 Å². The monoisotopic (exact) mass is 217 g/mol. The molecule has 0 unspecified atom stereocenters. The number of rotatable bonds is 4. The molecule has 2 aromatic heterocycles. The molecule has 0 aliphatic carbocycles. The molecule has 2 heterocycles. The summed E-state index contributed by atoms with van der Waals surface area (Å²) in [4.78, 5) is 7.63. The predicted molar refractivity (Wildman–Crippen MR) is 60.5 cm³/mol. The molecule has 0 fully saturated rings. The fraction of sp³-hybridized carbons (Fsp3) is 0.273. The molecular weight excluding hydrogens is 206 g/mol. The van der Waals surface area contributed by atoms with Crippen LogP contribution in [0.1, 0.15) is 17.8 Å². The summed E-state index contributed by atoms with van der Waals surface area (Å²) in [7, 11) is 0. The SMILES string of the molecule is N#CCCCc1nc(-c2ccc[nH]2)cs1. The largest absolute Gasteiger partial charge is 0.360 e. The van der Waals surface area contributed by atoms with Gasteiger partial charge in [-0.3, -0.25) is 0 Å². The molecule has 0 aliphatic rings. The zero-order chi connectivity index (χ0) is 10.5. The van der Waals surface area contributed by atoms with E-state index in [1.165, 1.54) is 0 Å². The van der Waals surface area contributed by atoms with Crippen molar-refractivity contribution < 1.29 is 0 Å². The number of thiazole rings is 1. The van der Waals surface area contributed by atoms with Crippen molar-refractivity contribution >= 4 is 11.3 Å². The van der Waals surface area contributed by atoms with E-state index in [0.29, 0.717) is 6.42 Å². The van der Waals surface area contributed by atoms with Crippen molar-refractivity contribution in [3.05, 3.63) is 28.7 Å². The molecule has 0 aromatic carbocycles. The zero-order valence-corrected chi connectivity index (χ0v) is 9.05. The maximum atomic E-state index is 8.43. The number of aromatic nitrogens is 2. The fourth-order valence-corrected chi connectivity index (χ4v) is 2.20. The summed E-state index contributed by atoms with van der Waals surface area (Å²) in [5, 5.41) is 11.6. The molecule has 3 nitrogen and oxygen atoms in total. The summed E-state index contributed by atoms with van der Waals surface area (Å²) < 4.78 is 0. The van der Waals surface area contributed by atoms with Crippen LogP contribution in [0.2, 0.25) is 0 Å². The summed E-state index contributed by atoms with van der Waals surface area (Å²) in [6.07, 6.45) is 4.30. The van der Waals surface area contributed by atoms with Crippen molar-refractivity contribution in [2.24, 2.45) is 0 Å². The maximum Gasteiger partial charge on any atom is 0.0976 e. The number of nitrogens with zero attached hydrogens (tertiary/aromatic N) is 2. The Morgan fingerprint density at radius 3 is 3.20 bits per heavy atom. The Balaban J connectivity index is 2.02. The minimum Gasteiger partial charge on any atom is -0.360 e. The number of unbranched alkanes of at least 4 members (excludes halogenated alkanes) is 1. The van der Waals surface area contributed by atoms with Crippen molar-refractivity contribution in [1.82, 2.24) is 9.97 Å². The number of nitriles is 1. The predicted octanol–water partition coefficient (Wildman–Crippen LogP) is 2.98. The van der Waals surface area contributed by atoms with Gasteiger partial charge in [-0.15, -0.1) is 11.3 Å². The Bertz CT molecular complexity index is 450. The summed E-state index contributed by atoms with van der Waals surface area (Å²) in [6.45, 7) is 0. The average Bonchev–Trinajstić information content (AvgIpc) is 2.87. The molecule has 1 N–H and O–H groups in total. The second-order valence-corrected chi connectivity index (χ2v) is 4.16. The van der Waals surface area contributed by atoms with Crippen molar-refractivity contribution in [2.75, 3.05) is 0 Å². The van der Waals surface area contributed by atoms with Crippen LogP contribution in [0.15, 0.2) is 23.7 Å². The standard InChI is InChI=1S/C11H11N3S/c12-6-2-1-5-11-14-10(8-15-11)9-4-3-7-13-9/h3-4,7-8,13H,1-2,5H2. The highest BCUT2D eigenvalue weighted by Crippen LogP contribution is 2.20. The van der Waals surface area contributed by atoms with E-state index in [9.17, 15) is 0 Å². The van der Waals surface area contributed by atoms with Crippen LogP contribution in [0, 0.1) is 11.3 Å². The Labute approximate surface area is 92.4 Å². The molecule has 2 rings (SSSR count). The van der Waals surface area contributed by atoms with E-state index in [1.54, 1.807) is 11.3 Å². The van der Waals surface area contributed by atoms with Crippen LogP contribution in [-0.4, -0.2) is 9.97 Å². The Morgan fingerprint density at radius 1 is 1.53 bits per heavy atom. The molecule has 0 amide bonds. The zero-order valence-electron chi connectivity index (χ0n) is 8.23. The third-order valence-electron chi connectivity index (χ3n) is 2.10. The normalized spacial score (nSPS) is 10.1. The quantitative estimate of drug-likeness (QED) is 0.800. The van der Waals surface area contributed by atoms with Gasteiger partial charge in [0.2, 0.25) is 0 Å². The second kappa shape index (κ2) is 4.76. The van der Waals surface area contributed by atoms with Gasteiger partial charge in [-0.05, 0) is 18.6 Å². The molecule has 2 aromatic rings. The Kier molecular flexibility index (Phi) is 3.15. The topological polar surface area (TPSA) is 52.5 Å². The lowest BCUT2D eigenvalue weighted by molar-refractivity contribution is 0.843. The van der Waals surface area contributed by atoms with Crippen LogP contribution in [0.3, 0.4) is 0 Å². The van der Waals surface area contributed by atoms with Gasteiger partial charge >= 0.3 is 0 Å². The van der Waals surface area contributed by atoms with Crippen LogP contribution >= 0.6 is 11.3 Å². The number of aryl methyl sites for hydroxylation is 1. The minimum absolute atomic E-state index is 0.609. The van der Waals surface area contributed by atoms with Gasteiger partial charge in [-0.1, -0.05) is 0 Å². The number of nitrogens with one attached hydrogen (secondary N) is 1. The van der Waals surface area contributed by atoms with Crippen molar-refractivity contribution in [3.63, 3.8) is 0 Å². The third-order valence-corrected chi connectivity index (χ3v) is 3.01. The van der Waals surface area contributed by atoms with E-state index in [4.69, 9.17) is 5.26 Å². The third kappa shape index (κ3) is 2.45. The molecule has 0 atom stereocenters. The van der Waals surface area contributed by atoms with Crippen molar-refractivity contribution in [3.8, 4) is 17.5 Å². The van der Waals surface area contributed by atoms with Crippen LogP contribution in [0.25, 0.3) is 11.4 Å². The highest BCUT2D eigenvalue weighted by molar-refractivity contribution is 7.09. The molecule has 4 heteroatoms. The first-order valence-electron chi connectivity index (χ1n) is 4.85. The molecule has 0 saturated carbocycles. The lowest BCUT2D eigenvalue weighted by Gasteiger charge is -1.91. The number of hydrogen-bond acceptors (Lipinski definition) is 3. The minimum atomic E-state index is 0.609. The van der Waals surface area contributed by atoms with Crippen LogP contribution < -0.4 is 0 Å². The maximum absolute atomic E-state index is 8.43. The van der Waals surface area contributed by atoms with Gasteiger partial charge in [-0.25, -0.2) is 4.98 Å². The van der Waals surface area contributed by atoms with Crippen LogP contribution in [0.4, 0.5) is 0 Å². The number of H-pyrrole nitrogens is 1. The Hall–Kier alpha value is -1.60. The molecule has 0 radical (unpaired) electrons. The van der Waals surface area contributed by atoms with Crippen molar-refractivity contribution in [2.45, 2.75) is 19.3 Å². The lowest BCUT2D eigenvalue weighted by atomic mass is 10.2. The Morgan fingerprint density at radius 2 is 2.47 bits per heavy atom. The van der Waals surface area contributed by atoms with Crippen LogP contribution in [-0.2, 0) is 6.42 Å². The highest BCUT2D eigenvalue weighted by Gasteiger charge is 2.04. The van der Waals surface area contributed by atoms with Gasteiger partial charge in [0.05, 0.1) is 22.5 Å². The molecule has 0 bridgehead atoms. The number of hydrogen-bond donors (Lipinski definition) is 1. The smallest absolute Gasteiger partial charge is 0.0976 e.